The van der Waals surface area contributed by atoms with Crippen molar-refractivity contribution in [1.82, 2.24) is 0 Å². The number of hydrogen-bond acceptors (Lipinski definition) is 6. The molecule has 186 valence electrons. The minimum Gasteiger partial charge on any atom is -0.370 e. The fourth-order valence-corrected chi connectivity index (χ4v) is 10.7. The Morgan fingerprint density at radius 1 is 0.500 bits per heavy atom. The lowest BCUT2D eigenvalue weighted by Gasteiger charge is -2.36. The lowest BCUT2D eigenvalue weighted by atomic mass is 10.0. The molecule has 0 saturated heterocycles. The summed E-state index contributed by atoms with van der Waals surface area (Å²) < 4.78 is 38.4. The maximum Gasteiger partial charge on any atom is 0.537 e. The Bertz CT molecular complexity index is 1040. The molecule has 3 rings (SSSR count). The van der Waals surface area contributed by atoms with E-state index in [9.17, 15) is 0 Å². The number of benzene rings is 3. The third-order valence-electron chi connectivity index (χ3n) is 5.53. The third-order valence-corrected chi connectivity index (χ3v) is 12.0. The van der Waals surface area contributed by atoms with Gasteiger partial charge in [-0.05, 0) is 75.2 Å². The molecule has 0 fully saturated rings. The van der Waals surface area contributed by atoms with Crippen molar-refractivity contribution < 1.29 is 26.6 Å². The van der Waals surface area contributed by atoms with Crippen molar-refractivity contribution in [2.75, 3.05) is 39.6 Å². The molecule has 0 atom stereocenters. The summed E-state index contributed by atoms with van der Waals surface area (Å²) in [7, 11) is -6.67. The van der Waals surface area contributed by atoms with Gasteiger partial charge in [0.2, 0.25) is 0 Å². The summed E-state index contributed by atoms with van der Waals surface area (Å²) in [6.45, 7) is 14.6. The Hall–Kier alpha value is -1.63. The van der Waals surface area contributed by atoms with E-state index in [4.69, 9.17) is 26.6 Å². The minimum atomic E-state index is -3.37. The second-order valence-electron chi connectivity index (χ2n) is 7.62. The minimum absolute atomic E-state index is 0.460. The van der Waals surface area contributed by atoms with E-state index in [1.807, 2.05) is 41.5 Å². The fourth-order valence-electron chi connectivity index (χ4n) is 4.44. The maximum atomic E-state index is 6.44. The van der Waals surface area contributed by atoms with Crippen molar-refractivity contribution >= 4 is 49.5 Å². The van der Waals surface area contributed by atoms with E-state index in [2.05, 4.69) is 48.5 Å². The van der Waals surface area contributed by atoms with Crippen LogP contribution in [0, 0.1) is 0 Å². The van der Waals surface area contributed by atoms with E-state index in [0.717, 1.165) is 26.5 Å². The monoisotopic (exact) mass is 502 g/mol. The van der Waals surface area contributed by atoms with Crippen LogP contribution in [0.5, 0.6) is 0 Å². The smallest absolute Gasteiger partial charge is 0.370 e. The van der Waals surface area contributed by atoms with Gasteiger partial charge in [0.15, 0.2) is 0 Å². The van der Waals surface area contributed by atoms with Gasteiger partial charge in [-0.25, -0.2) is 0 Å². The van der Waals surface area contributed by atoms with E-state index < -0.39 is 17.6 Å². The van der Waals surface area contributed by atoms with Gasteiger partial charge in [-0.15, -0.1) is 0 Å². The van der Waals surface area contributed by atoms with E-state index in [-0.39, 0.29) is 0 Å². The summed E-state index contributed by atoms with van der Waals surface area (Å²) in [6.07, 6.45) is 0. The van der Waals surface area contributed by atoms with Crippen LogP contribution in [0.15, 0.2) is 48.5 Å². The van der Waals surface area contributed by atoms with Crippen LogP contribution in [0.4, 0.5) is 0 Å². The molecule has 0 saturated carbocycles. The second-order valence-corrected chi connectivity index (χ2v) is 12.6. The molecular weight excluding hydrogens is 464 g/mol. The number of rotatable bonds is 14. The Balaban J connectivity index is 2.49. The highest BCUT2D eigenvalue weighted by Crippen LogP contribution is 2.26. The summed E-state index contributed by atoms with van der Waals surface area (Å²) in [5.41, 5.74) is 0. The first kappa shape index (κ1) is 27.0. The van der Waals surface area contributed by atoms with Gasteiger partial charge in [-0.2, -0.15) is 0 Å². The number of fused-ring (bicyclic) bond motifs is 2. The summed E-state index contributed by atoms with van der Waals surface area (Å²) in [5, 5.41) is 6.17. The Labute approximate surface area is 205 Å². The highest BCUT2D eigenvalue weighted by atomic mass is 28.4. The van der Waals surface area contributed by atoms with Crippen molar-refractivity contribution in [3.63, 3.8) is 0 Å². The molecule has 6 nitrogen and oxygen atoms in total. The second kappa shape index (κ2) is 12.4. The SMILES string of the molecule is CCO[Si](OCC)(OCC)c1ccc2cc3ccccc3cc2c1[Si](OCC)(OCC)OCC. The van der Waals surface area contributed by atoms with Crippen LogP contribution < -0.4 is 10.4 Å². The fraction of sp³-hybridized carbons (Fsp3) is 0.462. The summed E-state index contributed by atoms with van der Waals surface area (Å²) >= 11 is 0. The molecule has 0 aliphatic rings. The molecule has 0 aliphatic carbocycles. The van der Waals surface area contributed by atoms with Crippen molar-refractivity contribution in [1.29, 1.82) is 0 Å². The van der Waals surface area contributed by atoms with Gasteiger partial charge < -0.3 is 26.6 Å². The first-order chi connectivity index (χ1) is 16.5. The molecule has 0 heterocycles. The molecule has 8 heteroatoms. The molecule has 0 bridgehead atoms. The van der Waals surface area contributed by atoms with Gasteiger partial charge in [-0.1, -0.05) is 36.4 Å². The standard InChI is InChI=1S/C26H38O6Si2/c1-7-27-33(28-8-2,29-9-3)25-18-17-23-19-21-15-13-14-16-22(21)20-24(23)26(25)34(30-10-4,31-11-5)32-12-6/h13-20H,7-12H2,1-6H3. The molecule has 0 unspecified atom stereocenters. The predicted octanol–water partition coefficient (Wildman–Crippen LogP) is 4.50. The average Bonchev–Trinajstić information content (AvgIpc) is 2.83. The summed E-state index contributed by atoms with van der Waals surface area (Å²) in [4.78, 5) is 0. The van der Waals surface area contributed by atoms with Crippen LogP contribution >= 0.6 is 0 Å². The van der Waals surface area contributed by atoms with Crippen LogP contribution in [0.1, 0.15) is 41.5 Å². The van der Waals surface area contributed by atoms with Crippen LogP contribution in [-0.2, 0) is 26.6 Å². The van der Waals surface area contributed by atoms with Gasteiger partial charge in [0.25, 0.3) is 0 Å². The molecule has 0 radical (unpaired) electrons. The Morgan fingerprint density at radius 2 is 0.941 bits per heavy atom. The molecule has 34 heavy (non-hydrogen) atoms. The van der Waals surface area contributed by atoms with Gasteiger partial charge in [-0.3, -0.25) is 0 Å². The summed E-state index contributed by atoms with van der Waals surface area (Å²) in [6, 6.07) is 16.9. The Morgan fingerprint density at radius 3 is 1.41 bits per heavy atom. The summed E-state index contributed by atoms with van der Waals surface area (Å²) in [5.74, 6) is 0. The zero-order valence-corrected chi connectivity index (χ0v) is 23.3. The lowest BCUT2D eigenvalue weighted by molar-refractivity contribution is 0.0808. The quantitative estimate of drug-likeness (QED) is 0.239. The molecule has 0 aliphatic heterocycles. The first-order valence-corrected chi connectivity index (χ1v) is 15.8. The zero-order valence-electron chi connectivity index (χ0n) is 21.3. The van der Waals surface area contributed by atoms with Gasteiger partial charge >= 0.3 is 17.6 Å². The lowest BCUT2D eigenvalue weighted by Crippen LogP contribution is -2.70. The first-order valence-electron chi connectivity index (χ1n) is 12.3. The van der Waals surface area contributed by atoms with Crippen LogP contribution in [0.2, 0.25) is 0 Å². The van der Waals surface area contributed by atoms with E-state index >= 15 is 0 Å². The van der Waals surface area contributed by atoms with Crippen molar-refractivity contribution in [3.8, 4) is 0 Å². The van der Waals surface area contributed by atoms with E-state index in [1.165, 1.54) is 5.39 Å². The molecule has 0 N–H and O–H groups in total. The maximum absolute atomic E-state index is 6.44. The topological polar surface area (TPSA) is 55.4 Å². The van der Waals surface area contributed by atoms with E-state index in [0.29, 0.717) is 39.6 Å². The highest BCUT2D eigenvalue weighted by Gasteiger charge is 2.54. The highest BCUT2D eigenvalue weighted by molar-refractivity contribution is 6.88. The molecule has 0 aromatic heterocycles. The van der Waals surface area contributed by atoms with Gasteiger partial charge in [0.1, 0.15) is 0 Å². The van der Waals surface area contributed by atoms with Crippen LogP contribution in [0.3, 0.4) is 0 Å². The molecule has 0 amide bonds. The molecule has 0 spiro atoms. The predicted molar refractivity (Wildman–Crippen MR) is 142 cm³/mol. The molecular formula is C26H38O6Si2. The number of hydrogen-bond donors (Lipinski definition) is 0. The van der Waals surface area contributed by atoms with Crippen LogP contribution in [-0.4, -0.2) is 57.3 Å². The van der Waals surface area contributed by atoms with Crippen molar-refractivity contribution in [2.24, 2.45) is 0 Å². The van der Waals surface area contributed by atoms with Crippen molar-refractivity contribution in [3.05, 3.63) is 48.5 Å². The van der Waals surface area contributed by atoms with E-state index in [1.54, 1.807) is 0 Å². The van der Waals surface area contributed by atoms with Gasteiger partial charge in [0.05, 0.1) is 0 Å². The average molecular weight is 503 g/mol. The molecule has 3 aromatic rings. The zero-order chi connectivity index (χ0) is 24.6. The molecule has 3 aromatic carbocycles. The largest absolute Gasteiger partial charge is 0.537 e. The normalized spacial score (nSPS) is 12.6. The van der Waals surface area contributed by atoms with Crippen LogP contribution in [0.25, 0.3) is 21.5 Å². The third kappa shape index (κ3) is 5.29. The van der Waals surface area contributed by atoms with Gasteiger partial charge in [0, 0.05) is 50.0 Å². The van der Waals surface area contributed by atoms with Crippen molar-refractivity contribution in [2.45, 2.75) is 41.5 Å². The Kier molecular flexibility index (Phi) is 9.81.